The zero-order valence-electron chi connectivity index (χ0n) is 12.9. The van der Waals surface area contributed by atoms with E-state index in [0.717, 1.165) is 37.4 Å². The van der Waals surface area contributed by atoms with E-state index in [-0.39, 0.29) is 0 Å². The Labute approximate surface area is 122 Å². The van der Waals surface area contributed by atoms with E-state index in [9.17, 15) is 5.26 Å². The quantitative estimate of drug-likeness (QED) is 0.848. The van der Waals surface area contributed by atoms with E-state index in [0.29, 0.717) is 17.5 Å². The first-order chi connectivity index (χ1) is 9.52. The summed E-state index contributed by atoms with van der Waals surface area (Å²) in [5.41, 5.74) is 1.76. The van der Waals surface area contributed by atoms with Gasteiger partial charge in [0.05, 0.1) is 5.56 Å². The summed E-state index contributed by atoms with van der Waals surface area (Å²) >= 11 is 0. The fourth-order valence-corrected chi connectivity index (χ4v) is 2.71. The van der Waals surface area contributed by atoms with Crippen molar-refractivity contribution in [3.05, 3.63) is 23.4 Å². The maximum atomic E-state index is 9.29. The molecule has 0 aromatic carbocycles. The van der Waals surface area contributed by atoms with Gasteiger partial charge in [-0.2, -0.15) is 5.26 Å². The predicted octanol–water partition coefficient (Wildman–Crippen LogP) is 2.61. The Morgan fingerprint density at radius 1 is 1.30 bits per heavy atom. The first-order valence-corrected chi connectivity index (χ1v) is 7.35. The van der Waals surface area contributed by atoms with Crippen LogP contribution >= 0.6 is 0 Å². The molecule has 4 nitrogen and oxygen atoms in total. The van der Waals surface area contributed by atoms with Crippen LogP contribution in [0.15, 0.2) is 12.1 Å². The lowest BCUT2D eigenvalue weighted by Crippen LogP contribution is -2.42. The third-order valence-corrected chi connectivity index (χ3v) is 4.10. The molecule has 2 rings (SSSR count). The SMILES string of the molecule is CC(C)c1ccc(C#N)c(N2CCC(N(C)C)CC2)n1. The topological polar surface area (TPSA) is 43.2 Å². The lowest BCUT2D eigenvalue weighted by molar-refractivity contribution is 0.249. The van der Waals surface area contributed by atoms with Gasteiger partial charge in [-0.15, -0.1) is 0 Å². The number of nitrogens with zero attached hydrogens (tertiary/aromatic N) is 4. The van der Waals surface area contributed by atoms with Gasteiger partial charge >= 0.3 is 0 Å². The van der Waals surface area contributed by atoms with E-state index in [1.165, 1.54) is 0 Å². The van der Waals surface area contributed by atoms with Crippen molar-refractivity contribution >= 4 is 5.82 Å². The highest BCUT2D eigenvalue weighted by Crippen LogP contribution is 2.25. The van der Waals surface area contributed by atoms with Crippen LogP contribution in [0.3, 0.4) is 0 Å². The van der Waals surface area contributed by atoms with Crippen molar-refractivity contribution in [3.63, 3.8) is 0 Å². The minimum absolute atomic E-state index is 0.390. The van der Waals surface area contributed by atoms with E-state index < -0.39 is 0 Å². The molecular formula is C16H24N4. The zero-order valence-corrected chi connectivity index (χ0v) is 12.9. The van der Waals surface area contributed by atoms with E-state index in [2.05, 4.69) is 43.8 Å². The van der Waals surface area contributed by atoms with Gasteiger partial charge in [-0.3, -0.25) is 0 Å². The van der Waals surface area contributed by atoms with Crippen LogP contribution in [-0.2, 0) is 0 Å². The molecule has 1 aliphatic heterocycles. The molecule has 1 aromatic heterocycles. The van der Waals surface area contributed by atoms with Gasteiger partial charge < -0.3 is 9.80 Å². The number of hydrogen-bond acceptors (Lipinski definition) is 4. The van der Waals surface area contributed by atoms with Gasteiger partial charge in [-0.1, -0.05) is 13.8 Å². The summed E-state index contributed by atoms with van der Waals surface area (Å²) in [6.45, 7) is 6.23. The summed E-state index contributed by atoms with van der Waals surface area (Å²) in [6, 6.07) is 6.81. The lowest BCUT2D eigenvalue weighted by Gasteiger charge is -2.36. The smallest absolute Gasteiger partial charge is 0.146 e. The van der Waals surface area contributed by atoms with Crippen molar-refractivity contribution < 1.29 is 0 Å². The molecule has 1 fully saturated rings. The Morgan fingerprint density at radius 3 is 2.45 bits per heavy atom. The number of nitriles is 1. The standard InChI is InChI=1S/C16H24N4/c1-12(2)15-6-5-13(11-17)16(18-15)20-9-7-14(8-10-20)19(3)4/h5-6,12,14H,7-10H2,1-4H3. The molecule has 0 atom stereocenters. The third kappa shape index (κ3) is 3.10. The summed E-state index contributed by atoms with van der Waals surface area (Å²) in [5, 5.41) is 9.29. The van der Waals surface area contributed by atoms with Gasteiger partial charge in [0.15, 0.2) is 0 Å². The van der Waals surface area contributed by atoms with Gasteiger partial charge in [-0.25, -0.2) is 4.98 Å². The Bertz CT molecular complexity index is 494. The van der Waals surface area contributed by atoms with Crippen LogP contribution in [0, 0.1) is 11.3 Å². The van der Waals surface area contributed by atoms with Crippen molar-refractivity contribution in [1.29, 1.82) is 5.26 Å². The average molecular weight is 272 g/mol. The Morgan fingerprint density at radius 2 is 1.95 bits per heavy atom. The largest absolute Gasteiger partial charge is 0.355 e. The molecule has 0 saturated carbocycles. The maximum Gasteiger partial charge on any atom is 0.146 e. The van der Waals surface area contributed by atoms with E-state index in [1.807, 2.05) is 12.1 Å². The van der Waals surface area contributed by atoms with Crippen LogP contribution < -0.4 is 4.90 Å². The molecule has 1 saturated heterocycles. The molecular weight excluding hydrogens is 248 g/mol. The molecule has 4 heteroatoms. The summed E-state index contributed by atoms with van der Waals surface area (Å²) < 4.78 is 0. The van der Waals surface area contributed by atoms with Crippen molar-refractivity contribution in [2.45, 2.75) is 38.6 Å². The van der Waals surface area contributed by atoms with Crippen molar-refractivity contribution in [1.82, 2.24) is 9.88 Å². The van der Waals surface area contributed by atoms with Crippen molar-refractivity contribution in [2.75, 3.05) is 32.1 Å². The normalized spacial score (nSPS) is 16.8. The Kier molecular flexibility index (Phi) is 4.61. The predicted molar refractivity (Wildman–Crippen MR) is 82.0 cm³/mol. The lowest BCUT2D eigenvalue weighted by atomic mass is 10.0. The maximum absolute atomic E-state index is 9.29. The highest BCUT2D eigenvalue weighted by molar-refractivity contribution is 5.54. The Hall–Kier alpha value is -1.60. The molecule has 2 heterocycles. The number of hydrogen-bond donors (Lipinski definition) is 0. The number of rotatable bonds is 3. The molecule has 1 aliphatic rings. The summed E-state index contributed by atoms with van der Waals surface area (Å²) in [7, 11) is 4.28. The minimum atomic E-state index is 0.390. The number of pyridine rings is 1. The zero-order chi connectivity index (χ0) is 14.7. The van der Waals surface area contributed by atoms with E-state index in [4.69, 9.17) is 4.98 Å². The highest BCUT2D eigenvalue weighted by atomic mass is 15.2. The summed E-state index contributed by atoms with van der Waals surface area (Å²) in [5.74, 6) is 1.26. The van der Waals surface area contributed by atoms with Crippen molar-refractivity contribution in [2.24, 2.45) is 0 Å². The molecule has 0 aliphatic carbocycles. The van der Waals surface area contributed by atoms with Gasteiger partial charge in [0.1, 0.15) is 11.9 Å². The third-order valence-electron chi connectivity index (χ3n) is 4.10. The van der Waals surface area contributed by atoms with Crippen LogP contribution in [0.4, 0.5) is 5.82 Å². The van der Waals surface area contributed by atoms with Crippen LogP contribution in [0.25, 0.3) is 0 Å². The highest BCUT2D eigenvalue weighted by Gasteiger charge is 2.23. The van der Waals surface area contributed by atoms with Crippen LogP contribution in [-0.4, -0.2) is 43.1 Å². The second-order valence-electron chi connectivity index (χ2n) is 6.06. The second-order valence-corrected chi connectivity index (χ2v) is 6.06. The molecule has 0 bridgehead atoms. The summed E-state index contributed by atoms with van der Waals surface area (Å²) in [6.07, 6.45) is 2.26. The van der Waals surface area contributed by atoms with Gasteiger partial charge in [-0.05, 0) is 45.0 Å². The van der Waals surface area contributed by atoms with E-state index in [1.54, 1.807) is 0 Å². The van der Waals surface area contributed by atoms with Gasteiger partial charge in [0.25, 0.3) is 0 Å². The molecule has 0 unspecified atom stereocenters. The second kappa shape index (κ2) is 6.23. The molecule has 0 radical (unpaired) electrons. The Balaban J connectivity index is 2.20. The fourth-order valence-electron chi connectivity index (χ4n) is 2.71. The molecule has 1 aromatic rings. The molecule has 0 N–H and O–H groups in total. The molecule has 108 valence electrons. The molecule has 0 amide bonds. The number of piperidine rings is 1. The fraction of sp³-hybridized carbons (Fsp3) is 0.625. The average Bonchev–Trinajstić information content (AvgIpc) is 2.46. The van der Waals surface area contributed by atoms with Crippen LogP contribution in [0.5, 0.6) is 0 Å². The monoisotopic (exact) mass is 272 g/mol. The first-order valence-electron chi connectivity index (χ1n) is 7.35. The number of anilines is 1. The van der Waals surface area contributed by atoms with Gasteiger partial charge in [0, 0.05) is 24.8 Å². The van der Waals surface area contributed by atoms with Crippen LogP contribution in [0.2, 0.25) is 0 Å². The first kappa shape index (κ1) is 14.8. The summed E-state index contributed by atoms with van der Waals surface area (Å²) in [4.78, 5) is 9.29. The molecule has 0 spiro atoms. The minimum Gasteiger partial charge on any atom is -0.355 e. The van der Waals surface area contributed by atoms with Gasteiger partial charge in [0.2, 0.25) is 0 Å². The van der Waals surface area contributed by atoms with Crippen molar-refractivity contribution in [3.8, 4) is 6.07 Å². The van der Waals surface area contributed by atoms with E-state index >= 15 is 0 Å². The molecule has 20 heavy (non-hydrogen) atoms. The van der Waals surface area contributed by atoms with Crippen LogP contribution in [0.1, 0.15) is 43.9 Å². The number of aromatic nitrogens is 1.